The second kappa shape index (κ2) is 7.28. The maximum atomic E-state index is 13.9. The molecule has 1 aliphatic heterocycles. The minimum atomic E-state index is -0.710. The highest BCUT2D eigenvalue weighted by atomic mass is 16.5. The van der Waals surface area contributed by atoms with Crippen LogP contribution in [0.3, 0.4) is 0 Å². The van der Waals surface area contributed by atoms with Gasteiger partial charge in [0.05, 0.1) is 30.0 Å². The Bertz CT molecular complexity index is 1560. The number of fused-ring (bicyclic) bond motifs is 3. The van der Waals surface area contributed by atoms with Crippen molar-refractivity contribution in [3.63, 3.8) is 0 Å². The van der Waals surface area contributed by atoms with Crippen molar-refractivity contribution in [3.8, 4) is 22.8 Å². The van der Waals surface area contributed by atoms with Gasteiger partial charge in [0, 0.05) is 12.7 Å². The summed E-state index contributed by atoms with van der Waals surface area (Å²) in [5.74, 6) is 0.719. The Hall–Kier alpha value is -3.98. The van der Waals surface area contributed by atoms with Crippen LogP contribution >= 0.6 is 0 Å². The normalized spacial score (nSPS) is 18.4. The molecular formula is C24H22N6O3. The van der Waals surface area contributed by atoms with Crippen LogP contribution in [0.4, 0.5) is 0 Å². The third kappa shape index (κ3) is 2.96. The molecule has 33 heavy (non-hydrogen) atoms. The molecule has 166 valence electrons. The Morgan fingerprint density at radius 1 is 1.12 bits per heavy atom. The summed E-state index contributed by atoms with van der Waals surface area (Å²) in [4.78, 5) is 18.5. The maximum absolute atomic E-state index is 13.9. The number of ether oxygens (including phenoxy) is 2. The Morgan fingerprint density at radius 2 is 1.97 bits per heavy atom. The molecule has 2 aromatic carbocycles. The van der Waals surface area contributed by atoms with Crippen molar-refractivity contribution in [2.24, 2.45) is 0 Å². The molecule has 4 heterocycles. The van der Waals surface area contributed by atoms with Crippen LogP contribution in [-0.4, -0.2) is 42.7 Å². The van der Waals surface area contributed by atoms with Crippen molar-refractivity contribution in [2.75, 3.05) is 13.7 Å². The molecule has 0 bridgehead atoms. The average molecular weight is 442 g/mol. The van der Waals surface area contributed by atoms with E-state index in [4.69, 9.17) is 9.47 Å². The van der Waals surface area contributed by atoms with Gasteiger partial charge in [0.2, 0.25) is 0 Å². The molecule has 9 nitrogen and oxygen atoms in total. The van der Waals surface area contributed by atoms with Gasteiger partial charge in [-0.25, -0.2) is 9.67 Å². The highest BCUT2D eigenvalue weighted by Gasteiger charge is 2.35. The van der Waals surface area contributed by atoms with Crippen LogP contribution in [-0.2, 0) is 10.5 Å². The first-order valence-electron chi connectivity index (χ1n) is 10.8. The van der Waals surface area contributed by atoms with E-state index >= 15 is 0 Å². The van der Waals surface area contributed by atoms with Crippen molar-refractivity contribution in [1.29, 1.82) is 0 Å². The van der Waals surface area contributed by atoms with Gasteiger partial charge in [0.25, 0.3) is 5.56 Å². The first-order valence-corrected chi connectivity index (χ1v) is 10.8. The number of hydrogen-bond acceptors (Lipinski definition) is 6. The fraction of sp³-hybridized carbons (Fsp3) is 0.250. The van der Waals surface area contributed by atoms with Gasteiger partial charge < -0.3 is 9.47 Å². The number of rotatable bonds is 4. The summed E-state index contributed by atoms with van der Waals surface area (Å²) in [6, 6.07) is 15.3. The summed E-state index contributed by atoms with van der Waals surface area (Å²) in [6.07, 6.45) is 5.11. The summed E-state index contributed by atoms with van der Waals surface area (Å²) in [6.45, 7) is 2.60. The van der Waals surface area contributed by atoms with Crippen LogP contribution in [0.2, 0.25) is 0 Å². The summed E-state index contributed by atoms with van der Waals surface area (Å²) >= 11 is 0. The molecule has 0 saturated carbocycles. The summed E-state index contributed by atoms with van der Waals surface area (Å²) in [7, 11) is 1.62. The van der Waals surface area contributed by atoms with E-state index in [1.54, 1.807) is 28.9 Å². The van der Waals surface area contributed by atoms with Gasteiger partial charge in [0.1, 0.15) is 34.7 Å². The molecule has 0 N–H and O–H groups in total. The third-order valence-electron chi connectivity index (χ3n) is 6.28. The number of hydrogen-bond donors (Lipinski definition) is 0. The zero-order valence-corrected chi connectivity index (χ0v) is 18.3. The van der Waals surface area contributed by atoms with E-state index in [-0.39, 0.29) is 5.56 Å². The molecule has 3 aromatic heterocycles. The van der Waals surface area contributed by atoms with Crippen molar-refractivity contribution in [3.05, 3.63) is 71.4 Å². The Morgan fingerprint density at radius 3 is 2.76 bits per heavy atom. The van der Waals surface area contributed by atoms with Gasteiger partial charge in [0.15, 0.2) is 0 Å². The number of para-hydroxylation sites is 2. The van der Waals surface area contributed by atoms with Gasteiger partial charge in [-0.3, -0.25) is 13.8 Å². The van der Waals surface area contributed by atoms with E-state index < -0.39 is 5.72 Å². The molecule has 1 saturated heterocycles. The van der Waals surface area contributed by atoms with Crippen LogP contribution in [0.15, 0.2) is 65.8 Å². The second-order valence-corrected chi connectivity index (χ2v) is 8.32. The molecule has 6 rings (SSSR count). The molecule has 0 aliphatic carbocycles. The topological polar surface area (TPSA) is 88.5 Å². The van der Waals surface area contributed by atoms with Crippen LogP contribution in [0.25, 0.3) is 33.6 Å². The lowest BCUT2D eigenvalue weighted by molar-refractivity contribution is -0.0447. The molecule has 5 aromatic rings. The van der Waals surface area contributed by atoms with Crippen molar-refractivity contribution < 1.29 is 9.47 Å². The zero-order valence-electron chi connectivity index (χ0n) is 18.3. The number of imidazole rings is 1. The van der Waals surface area contributed by atoms with E-state index in [9.17, 15) is 4.79 Å². The molecule has 0 radical (unpaired) electrons. The van der Waals surface area contributed by atoms with Gasteiger partial charge in [-0.15, -0.1) is 5.10 Å². The lowest BCUT2D eigenvalue weighted by atomic mass is 10.1. The average Bonchev–Trinajstić information content (AvgIpc) is 3.59. The van der Waals surface area contributed by atoms with Gasteiger partial charge in [-0.2, -0.15) is 0 Å². The molecular weight excluding hydrogens is 420 g/mol. The highest BCUT2D eigenvalue weighted by Crippen LogP contribution is 2.33. The van der Waals surface area contributed by atoms with Crippen molar-refractivity contribution in [2.45, 2.75) is 25.5 Å². The third-order valence-corrected chi connectivity index (χ3v) is 6.28. The fourth-order valence-corrected chi connectivity index (χ4v) is 4.66. The van der Waals surface area contributed by atoms with E-state index in [1.807, 2.05) is 59.9 Å². The molecule has 9 heteroatoms. The van der Waals surface area contributed by atoms with Crippen molar-refractivity contribution in [1.82, 2.24) is 28.9 Å². The number of nitrogens with zero attached hydrogens (tertiary/aromatic N) is 6. The molecule has 0 amide bonds. The number of benzene rings is 2. The monoisotopic (exact) mass is 442 g/mol. The first kappa shape index (κ1) is 19.7. The van der Waals surface area contributed by atoms with E-state index in [0.29, 0.717) is 23.5 Å². The van der Waals surface area contributed by atoms with E-state index in [0.717, 1.165) is 35.3 Å². The quantitative estimate of drug-likeness (QED) is 0.424. The first-order chi connectivity index (χ1) is 16.1. The smallest absolute Gasteiger partial charge is 0.280 e. The van der Waals surface area contributed by atoms with E-state index in [1.165, 1.54) is 0 Å². The predicted octanol–water partition coefficient (Wildman–Crippen LogP) is 3.39. The Labute approximate surface area is 188 Å². The molecule has 1 atom stereocenters. The molecule has 1 fully saturated rings. The lowest BCUT2D eigenvalue weighted by Crippen LogP contribution is -2.39. The zero-order chi connectivity index (χ0) is 22.6. The molecule has 0 spiro atoms. The van der Waals surface area contributed by atoms with Crippen LogP contribution in [0.5, 0.6) is 5.75 Å². The van der Waals surface area contributed by atoms with Crippen LogP contribution in [0.1, 0.15) is 19.8 Å². The second-order valence-electron chi connectivity index (χ2n) is 8.32. The van der Waals surface area contributed by atoms with Gasteiger partial charge in [-0.05, 0) is 44.0 Å². The van der Waals surface area contributed by atoms with Gasteiger partial charge >= 0.3 is 0 Å². The number of methoxy groups -OCH3 is 1. The SMILES string of the molecule is COc1cccc(-n2cc(-c3ncn4c3c(=O)n(C3(C)CCCO3)c3ccccc34)nn2)c1. The number of aromatic nitrogens is 6. The minimum Gasteiger partial charge on any atom is -0.497 e. The predicted molar refractivity (Wildman–Crippen MR) is 123 cm³/mol. The minimum absolute atomic E-state index is 0.165. The van der Waals surface area contributed by atoms with Gasteiger partial charge in [-0.1, -0.05) is 23.4 Å². The Balaban J connectivity index is 1.58. The summed E-state index contributed by atoms with van der Waals surface area (Å²) in [5, 5.41) is 8.58. The Kier molecular flexibility index (Phi) is 4.34. The van der Waals surface area contributed by atoms with Crippen molar-refractivity contribution >= 4 is 16.6 Å². The van der Waals surface area contributed by atoms with Crippen LogP contribution < -0.4 is 10.3 Å². The largest absolute Gasteiger partial charge is 0.497 e. The van der Waals surface area contributed by atoms with E-state index in [2.05, 4.69) is 15.3 Å². The van der Waals surface area contributed by atoms with Crippen LogP contribution in [0, 0.1) is 0 Å². The highest BCUT2D eigenvalue weighted by molar-refractivity contribution is 5.84. The molecule has 1 unspecified atom stereocenters. The maximum Gasteiger partial charge on any atom is 0.280 e. The standard InChI is InChI=1S/C24H22N6O3/c1-24(11-6-12-33-24)30-20-10-4-3-9-19(20)28-15-25-21(22(28)23(30)31)18-14-29(27-26-18)16-7-5-8-17(13-16)32-2/h3-5,7-10,13-15H,6,11-12H2,1-2H3. The summed E-state index contributed by atoms with van der Waals surface area (Å²) < 4.78 is 16.6. The lowest BCUT2D eigenvalue weighted by Gasteiger charge is -2.28. The fourth-order valence-electron chi connectivity index (χ4n) is 4.66. The molecule has 1 aliphatic rings. The summed E-state index contributed by atoms with van der Waals surface area (Å²) in [5.41, 5.74) is 3.05.